The van der Waals surface area contributed by atoms with E-state index in [4.69, 9.17) is 0 Å². The summed E-state index contributed by atoms with van der Waals surface area (Å²) in [6.45, 7) is 8.62. The third kappa shape index (κ3) is 3.37. The summed E-state index contributed by atoms with van der Waals surface area (Å²) >= 11 is 0. The SMILES string of the molecule is Cc1ccccc1CN1CCN(n2ccnc2-c2ccccc2)CC1C. The van der Waals surface area contributed by atoms with Crippen molar-refractivity contribution in [2.24, 2.45) is 0 Å². The summed E-state index contributed by atoms with van der Waals surface area (Å²) in [4.78, 5) is 7.17. The molecule has 1 fully saturated rings. The van der Waals surface area contributed by atoms with Gasteiger partial charge in [0.2, 0.25) is 0 Å². The summed E-state index contributed by atoms with van der Waals surface area (Å²) in [6.07, 6.45) is 3.97. The van der Waals surface area contributed by atoms with Gasteiger partial charge in [-0.1, -0.05) is 54.6 Å². The molecule has 0 bridgehead atoms. The van der Waals surface area contributed by atoms with Crippen LogP contribution in [0.25, 0.3) is 11.4 Å². The molecule has 2 aromatic carbocycles. The first-order chi connectivity index (χ1) is 12.7. The highest BCUT2D eigenvalue weighted by Gasteiger charge is 2.25. The molecule has 1 aliphatic heterocycles. The number of aryl methyl sites for hydroxylation is 1. The largest absolute Gasteiger partial charge is 0.308 e. The zero-order chi connectivity index (χ0) is 17.9. The minimum atomic E-state index is 0.495. The first-order valence-electron chi connectivity index (χ1n) is 9.35. The number of rotatable bonds is 4. The second kappa shape index (κ2) is 7.34. The Morgan fingerprint density at radius 2 is 1.77 bits per heavy atom. The number of piperazine rings is 1. The van der Waals surface area contributed by atoms with E-state index in [0.717, 1.165) is 37.6 Å². The Bertz CT molecular complexity index is 855. The maximum atomic E-state index is 4.59. The van der Waals surface area contributed by atoms with Crippen molar-refractivity contribution in [3.8, 4) is 11.4 Å². The number of nitrogens with zero attached hydrogens (tertiary/aromatic N) is 4. The first kappa shape index (κ1) is 16.9. The van der Waals surface area contributed by atoms with E-state index >= 15 is 0 Å². The summed E-state index contributed by atoms with van der Waals surface area (Å²) in [6, 6.07) is 19.6. The lowest BCUT2D eigenvalue weighted by atomic mass is 10.1. The molecule has 0 radical (unpaired) electrons. The Kier molecular flexibility index (Phi) is 4.76. The van der Waals surface area contributed by atoms with Crippen molar-refractivity contribution in [3.63, 3.8) is 0 Å². The van der Waals surface area contributed by atoms with Gasteiger partial charge in [-0.05, 0) is 25.0 Å². The highest BCUT2D eigenvalue weighted by molar-refractivity contribution is 5.55. The maximum absolute atomic E-state index is 4.59. The van der Waals surface area contributed by atoms with Crippen molar-refractivity contribution in [2.45, 2.75) is 26.4 Å². The number of aromatic nitrogens is 2. The van der Waals surface area contributed by atoms with E-state index in [1.165, 1.54) is 11.1 Å². The molecule has 1 saturated heterocycles. The van der Waals surface area contributed by atoms with E-state index in [1.807, 2.05) is 12.3 Å². The highest BCUT2D eigenvalue weighted by Crippen LogP contribution is 2.20. The van der Waals surface area contributed by atoms with Gasteiger partial charge in [-0.2, -0.15) is 0 Å². The van der Waals surface area contributed by atoms with Crippen LogP contribution in [0.2, 0.25) is 0 Å². The van der Waals surface area contributed by atoms with E-state index in [2.05, 4.69) is 88.1 Å². The van der Waals surface area contributed by atoms with Gasteiger partial charge in [-0.15, -0.1) is 0 Å². The van der Waals surface area contributed by atoms with Crippen molar-refractivity contribution < 1.29 is 0 Å². The monoisotopic (exact) mass is 346 g/mol. The van der Waals surface area contributed by atoms with Crippen molar-refractivity contribution in [1.82, 2.24) is 14.6 Å². The number of hydrogen-bond donors (Lipinski definition) is 0. The smallest absolute Gasteiger partial charge is 0.158 e. The molecule has 2 heterocycles. The summed E-state index contributed by atoms with van der Waals surface area (Å²) in [5, 5.41) is 2.41. The molecular formula is C22H26N4. The maximum Gasteiger partial charge on any atom is 0.158 e. The van der Waals surface area contributed by atoms with Crippen LogP contribution in [0.4, 0.5) is 0 Å². The molecule has 134 valence electrons. The lowest BCUT2D eigenvalue weighted by molar-refractivity contribution is 0.166. The molecule has 0 N–H and O–H groups in total. The van der Waals surface area contributed by atoms with Crippen LogP contribution < -0.4 is 5.01 Å². The predicted molar refractivity (Wildman–Crippen MR) is 107 cm³/mol. The molecule has 3 aromatic rings. The molecule has 4 rings (SSSR count). The van der Waals surface area contributed by atoms with Crippen molar-refractivity contribution in [3.05, 3.63) is 78.1 Å². The van der Waals surface area contributed by atoms with E-state index in [0.29, 0.717) is 6.04 Å². The minimum absolute atomic E-state index is 0.495. The fraction of sp³-hybridized carbons (Fsp3) is 0.318. The van der Waals surface area contributed by atoms with Gasteiger partial charge >= 0.3 is 0 Å². The quantitative estimate of drug-likeness (QED) is 0.720. The molecule has 1 aromatic heterocycles. The minimum Gasteiger partial charge on any atom is -0.308 e. The van der Waals surface area contributed by atoms with Crippen LogP contribution in [0.1, 0.15) is 18.1 Å². The molecule has 1 atom stereocenters. The fourth-order valence-corrected chi connectivity index (χ4v) is 3.73. The van der Waals surface area contributed by atoms with Crippen molar-refractivity contribution in [1.29, 1.82) is 0 Å². The molecule has 1 aliphatic rings. The van der Waals surface area contributed by atoms with E-state index < -0.39 is 0 Å². The topological polar surface area (TPSA) is 24.3 Å². The van der Waals surface area contributed by atoms with Gasteiger partial charge in [0.15, 0.2) is 5.82 Å². The lowest BCUT2D eigenvalue weighted by Gasteiger charge is -2.41. The van der Waals surface area contributed by atoms with Crippen LogP contribution in [-0.2, 0) is 6.54 Å². The van der Waals surface area contributed by atoms with E-state index in [1.54, 1.807) is 0 Å². The van der Waals surface area contributed by atoms with Crippen LogP contribution in [0.5, 0.6) is 0 Å². The highest BCUT2D eigenvalue weighted by atomic mass is 15.6. The lowest BCUT2D eigenvalue weighted by Crippen LogP contribution is -2.55. The van der Waals surface area contributed by atoms with Gasteiger partial charge < -0.3 is 5.01 Å². The third-order valence-electron chi connectivity index (χ3n) is 5.34. The van der Waals surface area contributed by atoms with Gasteiger partial charge in [0.1, 0.15) is 0 Å². The molecule has 4 heteroatoms. The molecular weight excluding hydrogens is 320 g/mol. The predicted octanol–water partition coefficient (Wildman–Crippen LogP) is 3.70. The molecule has 0 spiro atoms. The molecule has 4 nitrogen and oxygen atoms in total. The van der Waals surface area contributed by atoms with Crippen LogP contribution >= 0.6 is 0 Å². The normalized spacial score (nSPS) is 18.2. The zero-order valence-electron chi connectivity index (χ0n) is 15.5. The Hall–Kier alpha value is -2.59. The van der Waals surface area contributed by atoms with Crippen molar-refractivity contribution >= 4 is 0 Å². The van der Waals surface area contributed by atoms with Crippen LogP contribution in [0, 0.1) is 6.92 Å². The van der Waals surface area contributed by atoms with Gasteiger partial charge in [-0.3, -0.25) is 4.90 Å². The number of benzene rings is 2. The Balaban J connectivity index is 1.48. The second-order valence-corrected chi connectivity index (χ2v) is 7.12. The van der Waals surface area contributed by atoms with Gasteiger partial charge in [0, 0.05) is 50.2 Å². The van der Waals surface area contributed by atoms with Crippen molar-refractivity contribution in [2.75, 3.05) is 24.6 Å². The summed E-state index contributed by atoms with van der Waals surface area (Å²) in [5.74, 6) is 1.02. The Morgan fingerprint density at radius 3 is 2.54 bits per heavy atom. The van der Waals surface area contributed by atoms with E-state index in [-0.39, 0.29) is 0 Å². The van der Waals surface area contributed by atoms with Crippen LogP contribution in [0.15, 0.2) is 67.0 Å². The number of hydrogen-bond acceptors (Lipinski definition) is 3. The zero-order valence-corrected chi connectivity index (χ0v) is 15.5. The summed E-state index contributed by atoms with van der Waals surface area (Å²) < 4.78 is 2.22. The van der Waals surface area contributed by atoms with Gasteiger partial charge in [0.05, 0.1) is 0 Å². The van der Waals surface area contributed by atoms with Gasteiger partial charge in [-0.25, -0.2) is 9.66 Å². The second-order valence-electron chi connectivity index (χ2n) is 7.12. The number of imidazole rings is 1. The summed E-state index contributed by atoms with van der Waals surface area (Å²) in [7, 11) is 0. The third-order valence-corrected chi connectivity index (χ3v) is 5.34. The van der Waals surface area contributed by atoms with Crippen LogP contribution in [-0.4, -0.2) is 40.2 Å². The molecule has 0 amide bonds. The first-order valence-corrected chi connectivity index (χ1v) is 9.35. The Labute approximate surface area is 155 Å². The molecule has 26 heavy (non-hydrogen) atoms. The standard InChI is InChI=1S/C22H26N4/c1-18-8-6-7-11-21(18)17-24-14-15-25(16-19(24)2)26-13-12-23-22(26)20-9-4-3-5-10-20/h3-13,19H,14-17H2,1-2H3. The Morgan fingerprint density at radius 1 is 1.00 bits per heavy atom. The average molecular weight is 346 g/mol. The summed E-state index contributed by atoms with van der Waals surface area (Å²) in [5.41, 5.74) is 3.97. The van der Waals surface area contributed by atoms with Gasteiger partial charge in [0.25, 0.3) is 0 Å². The molecule has 1 unspecified atom stereocenters. The average Bonchev–Trinajstić information content (AvgIpc) is 3.15. The fourth-order valence-electron chi connectivity index (χ4n) is 3.73. The molecule has 0 saturated carbocycles. The van der Waals surface area contributed by atoms with Crippen LogP contribution in [0.3, 0.4) is 0 Å². The van der Waals surface area contributed by atoms with E-state index in [9.17, 15) is 0 Å². The molecule has 0 aliphatic carbocycles.